The fraction of sp³-hybridized carbons (Fsp3) is 0.731. The first kappa shape index (κ1) is 24.1. The van der Waals surface area contributed by atoms with Crippen LogP contribution in [0.5, 0.6) is 5.75 Å². The Bertz CT molecular complexity index is 683. The average molecular weight is 431 g/mol. The number of piperidine rings is 1. The van der Waals surface area contributed by atoms with E-state index in [0.717, 1.165) is 64.3 Å². The van der Waals surface area contributed by atoms with Crippen LogP contribution in [0.3, 0.4) is 0 Å². The summed E-state index contributed by atoms with van der Waals surface area (Å²) in [6.07, 6.45) is 7.49. The van der Waals surface area contributed by atoms with Crippen LogP contribution in [0.2, 0.25) is 0 Å². The van der Waals surface area contributed by atoms with Crippen LogP contribution in [0.1, 0.15) is 57.9 Å². The van der Waals surface area contributed by atoms with Crippen molar-refractivity contribution in [1.82, 2.24) is 9.80 Å². The lowest BCUT2D eigenvalue weighted by Crippen LogP contribution is -2.49. The van der Waals surface area contributed by atoms with Gasteiger partial charge in [0, 0.05) is 39.8 Å². The van der Waals surface area contributed by atoms with Crippen LogP contribution in [0.25, 0.3) is 0 Å². The molecular formula is C26H42N2O3. The van der Waals surface area contributed by atoms with Gasteiger partial charge in [0.25, 0.3) is 0 Å². The SMILES string of the molecule is COCCC(=O)N1CCC2(CCCCc3ccccc3OCCN(CC(C)C)C2)CC1. The summed E-state index contributed by atoms with van der Waals surface area (Å²) in [5.41, 5.74) is 1.65. The van der Waals surface area contributed by atoms with Crippen LogP contribution < -0.4 is 4.74 Å². The molecule has 0 unspecified atom stereocenters. The molecule has 1 aromatic rings. The molecule has 2 aliphatic heterocycles. The van der Waals surface area contributed by atoms with Gasteiger partial charge in [-0.1, -0.05) is 38.5 Å². The van der Waals surface area contributed by atoms with E-state index in [2.05, 4.69) is 47.9 Å². The molecular weight excluding hydrogens is 388 g/mol. The Morgan fingerprint density at radius 1 is 1.13 bits per heavy atom. The lowest BCUT2D eigenvalue weighted by molar-refractivity contribution is -0.134. The second-order valence-electron chi connectivity index (χ2n) is 9.92. The van der Waals surface area contributed by atoms with Crippen LogP contribution in [-0.2, 0) is 16.0 Å². The highest BCUT2D eigenvalue weighted by molar-refractivity contribution is 5.76. The molecule has 5 nitrogen and oxygen atoms in total. The summed E-state index contributed by atoms with van der Waals surface area (Å²) in [5.74, 6) is 1.94. The van der Waals surface area contributed by atoms with Crippen molar-refractivity contribution in [3.05, 3.63) is 29.8 Å². The Morgan fingerprint density at radius 3 is 2.65 bits per heavy atom. The highest BCUT2D eigenvalue weighted by atomic mass is 16.5. The molecule has 0 atom stereocenters. The number of hydrogen-bond donors (Lipinski definition) is 0. The quantitative estimate of drug-likeness (QED) is 0.695. The number of aryl methyl sites for hydroxylation is 1. The Balaban J connectivity index is 1.69. The number of carbonyl (C=O) groups excluding carboxylic acids is 1. The Labute approximate surface area is 189 Å². The van der Waals surface area contributed by atoms with E-state index in [-0.39, 0.29) is 5.91 Å². The number of ether oxygens (including phenoxy) is 2. The maximum absolute atomic E-state index is 12.5. The van der Waals surface area contributed by atoms with Gasteiger partial charge < -0.3 is 14.4 Å². The van der Waals surface area contributed by atoms with Crippen molar-refractivity contribution in [2.24, 2.45) is 11.3 Å². The van der Waals surface area contributed by atoms with E-state index < -0.39 is 0 Å². The highest BCUT2D eigenvalue weighted by Crippen LogP contribution is 2.38. The number of hydrogen-bond acceptors (Lipinski definition) is 4. The Morgan fingerprint density at radius 2 is 1.90 bits per heavy atom. The molecule has 0 saturated carbocycles. The van der Waals surface area contributed by atoms with Gasteiger partial charge >= 0.3 is 0 Å². The molecule has 174 valence electrons. The largest absolute Gasteiger partial charge is 0.492 e. The predicted molar refractivity (Wildman–Crippen MR) is 126 cm³/mol. The summed E-state index contributed by atoms with van der Waals surface area (Å²) < 4.78 is 11.3. The monoisotopic (exact) mass is 430 g/mol. The summed E-state index contributed by atoms with van der Waals surface area (Å²) in [5, 5.41) is 0. The maximum atomic E-state index is 12.5. The molecule has 2 aliphatic rings. The molecule has 31 heavy (non-hydrogen) atoms. The number of rotatable bonds is 5. The molecule has 0 aliphatic carbocycles. The van der Waals surface area contributed by atoms with Gasteiger partial charge in [0.2, 0.25) is 5.91 Å². The van der Waals surface area contributed by atoms with Crippen molar-refractivity contribution in [3.63, 3.8) is 0 Å². The van der Waals surface area contributed by atoms with Gasteiger partial charge in [-0.15, -0.1) is 0 Å². The van der Waals surface area contributed by atoms with Gasteiger partial charge in [0.05, 0.1) is 13.0 Å². The van der Waals surface area contributed by atoms with Gasteiger partial charge in [-0.3, -0.25) is 9.69 Å². The van der Waals surface area contributed by atoms with Crippen LogP contribution in [-0.4, -0.2) is 68.8 Å². The number of methoxy groups -OCH3 is 1. The lowest BCUT2D eigenvalue weighted by Gasteiger charge is -2.45. The molecule has 0 radical (unpaired) electrons. The smallest absolute Gasteiger partial charge is 0.224 e. The number of fused-ring (bicyclic) bond motifs is 1. The second-order valence-corrected chi connectivity index (χ2v) is 9.92. The van der Waals surface area contributed by atoms with Crippen molar-refractivity contribution in [2.75, 3.05) is 53.0 Å². The van der Waals surface area contributed by atoms with E-state index in [0.29, 0.717) is 24.4 Å². The van der Waals surface area contributed by atoms with Crippen molar-refractivity contribution in [1.29, 1.82) is 0 Å². The van der Waals surface area contributed by atoms with E-state index in [1.807, 2.05) is 0 Å². The molecule has 1 spiro atoms. The van der Waals surface area contributed by atoms with Crippen LogP contribution in [0, 0.1) is 11.3 Å². The lowest BCUT2D eigenvalue weighted by atomic mass is 9.73. The molecule has 0 aromatic heterocycles. The number of benzene rings is 1. The third kappa shape index (κ3) is 7.21. The van der Waals surface area contributed by atoms with E-state index in [1.54, 1.807) is 7.11 Å². The Hall–Kier alpha value is -1.59. The normalized spacial score (nSPS) is 20.6. The zero-order valence-electron chi connectivity index (χ0n) is 19.9. The van der Waals surface area contributed by atoms with E-state index in [1.165, 1.54) is 24.8 Å². The molecule has 3 rings (SSSR count). The molecule has 2 heterocycles. The first-order chi connectivity index (χ1) is 15.0. The van der Waals surface area contributed by atoms with Gasteiger partial charge in [-0.05, 0) is 55.1 Å². The number of nitrogens with zero attached hydrogens (tertiary/aromatic N) is 2. The number of para-hydroxylation sites is 1. The fourth-order valence-corrected chi connectivity index (χ4v) is 5.24. The van der Waals surface area contributed by atoms with Gasteiger partial charge in [0.15, 0.2) is 0 Å². The zero-order valence-corrected chi connectivity index (χ0v) is 19.9. The fourth-order valence-electron chi connectivity index (χ4n) is 5.24. The maximum Gasteiger partial charge on any atom is 0.224 e. The molecule has 0 N–H and O–H groups in total. The second kappa shape index (κ2) is 11.9. The minimum Gasteiger partial charge on any atom is -0.492 e. The van der Waals surface area contributed by atoms with E-state index >= 15 is 0 Å². The number of carbonyl (C=O) groups is 1. The van der Waals surface area contributed by atoms with Crippen LogP contribution >= 0.6 is 0 Å². The summed E-state index contributed by atoms with van der Waals surface area (Å²) in [7, 11) is 1.66. The van der Waals surface area contributed by atoms with Gasteiger partial charge in [-0.25, -0.2) is 0 Å². The Kier molecular flexibility index (Phi) is 9.21. The average Bonchev–Trinajstić information content (AvgIpc) is 2.75. The first-order valence-corrected chi connectivity index (χ1v) is 12.2. The molecule has 0 bridgehead atoms. The molecule has 1 saturated heterocycles. The summed E-state index contributed by atoms with van der Waals surface area (Å²) >= 11 is 0. The highest BCUT2D eigenvalue weighted by Gasteiger charge is 2.37. The van der Waals surface area contributed by atoms with Crippen LogP contribution in [0.15, 0.2) is 24.3 Å². The van der Waals surface area contributed by atoms with Crippen molar-refractivity contribution < 1.29 is 14.3 Å². The van der Waals surface area contributed by atoms with Crippen molar-refractivity contribution in [2.45, 2.75) is 58.8 Å². The van der Waals surface area contributed by atoms with E-state index in [9.17, 15) is 4.79 Å². The summed E-state index contributed by atoms with van der Waals surface area (Å²) in [6.45, 7) is 10.8. The summed E-state index contributed by atoms with van der Waals surface area (Å²) in [6, 6.07) is 8.53. The molecule has 1 aromatic carbocycles. The van der Waals surface area contributed by atoms with E-state index in [4.69, 9.17) is 9.47 Å². The minimum absolute atomic E-state index is 0.244. The van der Waals surface area contributed by atoms with Crippen molar-refractivity contribution in [3.8, 4) is 5.75 Å². The predicted octanol–water partition coefficient (Wildman–Crippen LogP) is 4.40. The van der Waals surface area contributed by atoms with Gasteiger partial charge in [0.1, 0.15) is 12.4 Å². The standard InChI is InChI=1S/C26H42N2O3/c1-22(2)20-27-17-19-31-24-10-5-4-8-23(24)9-6-7-12-26(21-27)13-15-28(16-14-26)25(29)11-18-30-3/h4-5,8,10,22H,6-7,9,11-21H2,1-3H3. The topological polar surface area (TPSA) is 42.0 Å². The number of amides is 1. The molecule has 1 amide bonds. The number of likely N-dealkylation sites (tertiary alicyclic amines) is 1. The molecule has 1 fully saturated rings. The minimum atomic E-state index is 0.244. The van der Waals surface area contributed by atoms with Crippen molar-refractivity contribution >= 4 is 5.91 Å². The van der Waals surface area contributed by atoms with Gasteiger partial charge in [-0.2, -0.15) is 0 Å². The summed E-state index contributed by atoms with van der Waals surface area (Å²) in [4.78, 5) is 17.2. The zero-order chi connectivity index (χ0) is 22.1. The molecule has 5 heteroatoms. The third-order valence-electron chi connectivity index (χ3n) is 6.92. The first-order valence-electron chi connectivity index (χ1n) is 12.2. The van der Waals surface area contributed by atoms with Crippen LogP contribution in [0.4, 0.5) is 0 Å². The third-order valence-corrected chi connectivity index (χ3v) is 6.92.